The lowest BCUT2D eigenvalue weighted by molar-refractivity contribution is -0.117. The zero-order valence-corrected chi connectivity index (χ0v) is 45.7. The second-order valence-electron chi connectivity index (χ2n) is 19.2. The second-order valence-corrected chi connectivity index (χ2v) is 19.2. The van der Waals surface area contributed by atoms with E-state index < -0.39 is 6.43 Å². The van der Waals surface area contributed by atoms with Crippen LogP contribution in [-0.4, -0.2) is 73.0 Å². The van der Waals surface area contributed by atoms with Gasteiger partial charge in [0, 0.05) is 54.9 Å². The van der Waals surface area contributed by atoms with E-state index in [1.807, 2.05) is 31.2 Å². The molecule has 0 aliphatic heterocycles. The number of Topliss-reactive ketones (excluding diaryl/α,β-unsaturated/α-hetero) is 3. The van der Waals surface area contributed by atoms with Crippen molar-refractivity contribution in [2.45, 2.75) is 93.1 Å². The normalized spacial score (nSPS) is 10.8. The second kappa shape index (κ2) is 28.0. The molecule has 424 valence electrons. The van der Waals surface area contributed by atoms with Gasteiger partial charge in [0.05, 0.1) is 12.3 Å². The number of aliphatic hydroxyl groups is 1. The van der Waals surface area contributed by atoms with E-state index in [0.29, 0.717) is 114 Å². The molecule has 0 radical (unpaired) electrons. The van der Waals surface area contributed by atoms with Crippen LogP contribution in [0.25, 0.3) is 17.5 Å². The van der Waals surface area contributed by atoms with Gasteiger partial charge in [-0.15, -0.1) is 0 Å². The predicted molar refractivity (Wildman–Crippen MR) is 301 cm³/mol. The highest BCUT2D eigenvalue weighted by atomic mass is 19.3. The molecule has 0 aliphatic rings. The molecule has 9 aromatic rings. The Morgan fingerprint density at radius 1 is 0.512 bits per heavy atom. The fourth-order valence-electron chi connectivity index (χ4n) is 7.98. The number of aldehydes is 1. The summed E-state index contributed by atoms with van der Waals surface area (Å²) in [5.41, 5.74) is 7.23. The summed E-state index contributed by atoms with van der Waals surface area (Å²) < 4.78 is 69.9. The standard InChI is InChI=1S/C20H19F3N4O.C20H21FN4O2.C20H19FN4O2/c1-12-11-27(26-19(12)20(22)23)18-10-14(4-3-13(2)28)9-17(25-18)24-16-7-5-15(21)6-8-16;2*1-13-11-25(24-18(13)12-26)20-10-15(4-3-14(2)27)9-19(23-20)22-17-7-5-16(21)6-8-17/h5-11,20H,3-4H2,1-2H3,(H,24,25);5-11,26H,3-4,12H2,1-2H3,(H,22,23);5-12H,3-4H2,1-2H3,(H,22,23). The molecule has 0 spiro atoms. The number of hydrogen-bond acceptors (Lipinski definition) is 14. The van der Waals surface area contributed by atoms with Crippen molar-refractivity contribution in [3.05, 3.63) is 196 Å². The first-order valence-electron chi connectivity index (χ1n) is 25.8. The molecule has 82 heavy (non-hydrogen) atoms. The average molecular weight is 1120 g/mol. The van der Waals surface area contributed by atoms with E-state index in [4.69, 9.17) is 0 Å². The van der Waals surface area contributed by atoms with Gasteiger partial charge in [0.1, 0.15) is 63.6 Å². The summed E-state index contributed by atoms with van der Waals surface area (Å²) in [5.74, 6) is 2.25. The molecule has 0 unspecified atom stereocenters. The lowest BCUT2D eigenvalue weighted by Crippen LogP contribution is -2.05. The number of carbonyl (C=O) groups is 4. The van der Waals surface area contributed by atoms with E-state index in [0.717, 1.165) is 27.8 Å². The summed E-state index contributed by atoms with van der Waals surface area (Å²) in [7, 11) is 0. The first kappa shape index (κ1) is 60.1. The fraction of sp³-hybridized carbons (Fsp3) is 0.233. The molecule has 22 heteroatoms. The Labute approximate surface area is 469 Å². The molecule has 0 saturated heterocycles. The minimum absolute atomic E-state index is 0.0429. The number of alkyl halides is 2. The molecule has 6 aromatic heterocycles. The van der Waals surface area contributed by atoms with Gasteiger partial charge < -0.3 is 35.4 Å². The summed E-state index contributed by atoms with van der Waals surface area (Å²) in [5, 5.41) is 31.2. The number of halogens is 5. The number of benzene rings is 3. The van der Waals surface area contributed by atoms with E-state index in [-0.39, 0.29) is 47.1 Å². The molecule has 6 heterocycles. The van der Waals surface area contributed by atoms with Gasteiger partial charge in [-0.3, -0.25) is 4.79 Å². The van der Waals surface area contributed by atoms with Crippen molar-refractivity contribution in [2.75, 3.05) is 16.0 Å². The van der Waals surface area contributed by atoms with E-state index in [2.05, 4.69) is 46.2 Å². The molecule has 3 aromatic carbocycles. The van der Waals surface area contributed by atoms with Gasteiger partial charge in [-0.25, -0.2) is 50.9 Å². The smallest absolute Gasteiger partial charge is 0.282 e. The van der Waals surface area contributed by atoms with Crippen LogP contribution in [0, 0.1) is 38.2 Å². The summed E-state index contributed by atoms with van der Waals surface area (Å²) in [4.78, 5) is 58.6. The minimum atomic E-state index is -2.68. The minimum Gasteiger partial charge on any atom is -0.390 e. The maximum absolute atomic E-state index is 13.1. The number of aryl methyl sites for hydroxylation is 6. The Balaban J connectivity index is 0.000000177. The number of pyridine rings is 3. The number of ketones is 3. The first-order chi connectivity index (χ1) is 39.2. The summed E-state index contributed by atoms with van der Waals surface area (Å²) >= 11 is 0. The number of nitrogens with one attached hydrogen (secondary N) is 3. The Morgan fingerprint density at radius 2 is 0.854 bits per heavy atom. The van der Waals surface area contributed by atoms with Crippen LogP contribution in [0.5, 0.6) is 0 Å². The van der Waals surface area contributed by atoms with Crippen LogP contribution in [0.2, 0.25) is 0 Å². The highest BCUT2D eigenvalue weighted by Gasteiger charge is 2.18. The molecule has 17 nitrogen and oxygen atoms in total. The predicted octanol–water partition coefficient (Wildman–Crippen LogP) is 12.2. The summed E-state index contributed by atoms with van der Waals surface area (Å²) in [6, 6.07) is 28.6. The lowest BCUT2D eigenvalue weighted by Gasteiger charge is -2.11. The van der Waals surface area contributed by atoms with Gasteiger partial charge >= 0.3 is 0 Å². The molecule has 0 bridgehead atoms. The van der Waals surface area contributed by atoms with E-state index in [9.17, 15) is 46.2 Å². The van der Waals surface area contributed by atoms with Crippen LogP contribution in [0.3, 0.4) is 0 Å². The van der Waals surface area contributed by atoms with Crippen molar-refractivity contribution in [2.24, 2.45) is 0 Å². The van der Waals surface area contributed by atoms with Crippen molar-refractivity contribution in [1.29, 1.82) is 0 Å². The number of aliphatic hydroxyl groups excluding tert-OH is 1. The molecule has 0 aliphatic carbocycles. The van der Waals surface area contributed by atoms with Gasteiger partial charge in [0.25, 0.3) is 6.43 Å². The van der Waals surface area contributed by atoms with E-state index in [1.54, 1.807) is 93.3 Å². The van der Waals surface area contributed by atoms with Gasteiger partial charge in [-0.05, 0) is 203 Å². The molecule has 0 amide bonds. The Bertz CT molecular complexity index is 3680. The van der Waals surface area contributed by atoms with Crippen LogP contribution in [0.15, 0.2) is 128 Å². The lowest BCUT2D eigenvalue weighted by atomic mass is 10.1. The SMILES string of the molecule is CC(=O)CCc1cc(Nc2ccc(F)cc2)nc(-n2cc(C)c(C(F)F)n2)c1.CC(=O)CCc1cc(Nc2ccc(F)cc2)nc(-n2cc(C)c(C=O)n2)c1.CC(=O)CCc1cc(Nc2ccc(F)cc2)nc(-n2cc(C)c(CO)n2)c1. The zero-order chi connectivity index (χ0) is 59.0. The van der Waals surface area contributed by atoms with Gasteiger partial charge in [-0.1, -0.05) is 0 Å². The third-order valence-corrected chi connectivity index (χ3v) is 12.3. The van der Waals surface area contributed by atoms with Crippen LogP contribution >= 0.6 is 0 Å². The van der Waals surface area contributed by atoms with Crippen LogP contribution in [-0.2, 0) is 40.3 Å². The maximum atomic E-state index is 13.1. The van der Waals surface area contributed by atoms with Crippen molar-refractivity contribution in [1.82, 2.24) is 44.3 Å². The molecule has 0 fully saturated rings. The highest BCUT2D eigenvalue weighted by Crippen LogP contribution is 2.26. The van der Waals surface area contributed by atoms with Gasteiger partial charge in [-0.2, -0.15) is 15.3 Å². The first-order valence-corrected chi connectivity index (χ1v) is 25.8. The van der Waals surface area contributed by atoms with Crippen molar-refractivity contribution in [3.63, 3.8) is 0 Å². The fourth-order valence-corrected chi connectivity index (χ4v) is 7.98. The van der Waals surface area contributed by atoms with Gasteiger partial charge in [0.2, 0.25) is 0 Å². The summed E-state index contributed by atoms with van der Waals surface area (Å²) in [6.45, 7) is 9.69. The third kappa shape index (κ3) is 17.5. The molecule has 0 saturated carbocycles. The Kier molecular flexibility index (Phi) is 20.5. The molecule has 4 N–H and O–H groups in total. The van der Waals surface area contributed by atoms with Gasteiger partial charge in [0.15, 0.2) is 23.7 Å². The number of aromatic nitrogens is 9. The molecule has 9 rings (SSSR count). The number of hydrogen-bond donors (Lipinski definition) is 4. The zero-order valence-electron chi connectivity index (χ0n) is 45.7. The average Bonchev–Trinajstić information content (AvgIpc) is 4.34. The summed E-state index contributed by atoms with van der Waals surface area (Å²) in [6.07, 6.45) is 5.83. The third-order valence-electron chi connectivity index (χ3n) is 12.3. The quantitative estimate of drug-likeness (QED) is 0.0389. The number of rotatable bonds is 21. The van der Waals surface area contributed by atoms with Crippen molar-refractivity contribution in [3.8, 4) is 17.5 Å². The van der Waals surface area contributed by atoms with Crippen LogP contribution < -0.4 is 16.0 Å². The maximum Gasteiger partial charge on any atom is 0.282 e. The Hall–Kier alpha value is -9.57. The number of nitrogens with zero attached hydrogens (tertiary/aromatic N) is 9. The van der Waals surface area contributed by atoms with Crippen LogP contribution in [0.1, 0.15) is 102 Å². The number of anilines is 6. The van der Waals surface area contributed by atoms with E-state index >= 15 is 0 Å². The van der Waals surface area contributed by atoms with Crippen LogP contribution in [0.4, 0.5) is 56.5 Å². The molecule has 0 atom stereocenters. The Morgan fingerprint density at radius 3 is 1.16 bits per heavy atom. The van der Waals surface area contributed by atoms with Crippen molar-refractivity contribution >= 4 is 58.2 Å². The topological polar surface area (TPSA) is 217 Å². The molecular formula is C60H59F5N12O5. The highest BCUT2D eigenvalue weighted by molar-refractivity contribution is 5.77. The largest absolute Gasteiger partial charge is 0.390 e. The monoisotopic (exact) mass is 1120 g/mol. The number of carbonyl (C=O) groups excluding carboxylic acids is 4. The van der Waals surface area contributed by atoms with Crippen molar-refractivity contribution < 1.29 is 46.2 Å². The molecular weight excluding hydrogens is 1060 g/mol. The van der Waals surface area contributed by atoms with E-state index in [1.165, 1.54) is 58.9 Å².